The molecule has 0 radical (unpaired) electrons. The number of rotatable bonds is 1. The van der Waals surface area contributed by atoms with Gasteiger partial charge in [-0.2, -0.15) is 0 Å². The summed E-state index contributed by atoms with van der Waals surface area (Å²) in [5.41, 5.74) is 7.02. The average Bonchev–Trinajstić information content (AvgIpc) is 3.04. The Kier molecular flexibility index (Phi) is 2.54. The predicted molar refractivity (Wildman–Crippen MR) is 73.1 cm³/mol. The van der Waals surface area contributed by atoms with Crippen LogP contribution in [-0.2, 0) is 14.2 Å². The quantitative estimate of drug-likeness (QED) is 0.831. The van der Waals surface area contributed by atoms with Crippen molar-refractivity contribution in [2.75, 3.05) is 5.73 Å². The Hall–Kier alpha value is -1.77. The van der Waals surface area contributed by atoms with Crippen molar-refractivity contribution in [2.45, 2.75) is 51.1 Å². The van der Waals surface area contributed by atoms with Crippen LogP contribution in [0, 0.1) is 0 Å². The molecule has 2 aliphatic rings. The monoisotopic (exact) mass is 291 g/mol. The van der Waals surface area contributed by atoms with Crippen molar-refractivity contribution >= 4 is 17.0 Å². The molecule has 2 aromatic heterocycles. The SMILES string of the molecule is C[C@@H]1O[C@@H](n2cnc3c(N)ncnc32)[C@@H]2OC(C)(C)O[C@H]21. The molecule has 8 heteroatoms. The molecule has 2 aliphatic heterocycles. The number of nitrogen functional groups attached to an aromatic ring is 1. The van der Waals surface area contributed by atoms with Gasteiger partial charge in [0.1, 0.15) is 24.1 Å². The fourth-order valence-electron chi connectivity index (χ4n) is 3.06. The number of nitrogens with zero attached hydrogens (tertiary/aromatic N) is 4. The molecule has 4 rings (SSSR count). The lowest BCUT2D eigenvalue weighted by Gasteiger charge is -2.23. The summed E-state index contributed by atoms with van der Waals surface area (Å²) in [6.07, 6.45) is 2.35. The lowest BCUT2D eigenvalue weighted by molar-refractivity contribution is -0.194. The summed E-state index contributed by atoms with van der Waals surface area (Å²) >= 11 is 0. The maximum Gasteiger partial charge on any atom is 0.167 e. The fourth-order valence-corrected chi connectivity index (χ4v) is 3.06. The minimum atomic E-state index is -0.615. The number of nitrogens with two attached hydrogens (primary N) is 1. The van der Waals surface area contributed by atoms with E-state index in [-0.39, 0.29) is 24.5 Å². The molecule has 0 unspecified atom stereocenters. The van der Waals surface area contributed by atoms with Gasteiger partial charge in [0.2, 0.25) is 0 Å². The lowest BCUT2D eigenvalue weighted by Crippen LogP contribution is -2.27. The molecule has 112 valence electrons. The molecule has 2 N–H and O–H groups in total. The summed E-state index contributed by atoms with van der Waals surface area (Å²) in [5, 5.41) is 0. The van der Waals surface area contributed by atoms with Crippen LogP contribution >= 0.6 is 0 Å². The lowest BCUT2D eigenvalue weighted by atomic mass is 10.1. The van der Waals surface area contributed by atoms with Crippen molar-refractivity contribution in [3.8, 4) is 0 Å². The van der Waals surface area contributed by atoms with Crippen LogP contribution in [0.1, 0.15) is 27.0 Å². The van der Waals surface area contributed by atoms with Crippen LogP contribution in [0.3, 0.4) is 0 Å². The minimum Gasteiger partial charge on any atom is -0.382 e. The van der Waals surface area contributed by atoms with E-state index in [1.54, 1.807) is 6.33 Å². The van der Waals surface area contributed by atoms with Gasteiger partial charge < -0.3 is 19.9 Å². The largest absolute Gasteiger partial charge is 0.382 e. The van der Waals surface area contributed by atoms with Gasteiger partial charge in [0.05, 0.1) is 12.4 Å². The van der Waals surface area contributed by atoms with E-state index in [9.17, 15) is 0 Å². The molecule has 0 aromatic carbocycles. The highest BCUT2D eigenvalue weighted by molar-refractivity contribution is 5.81. The molecule has 21 heavy (non-hydrogen) atoms. The van der Waals surface area contributed by atoms with E-state index in [0.717, 1.165) is 0 Å². The van der Waals surface area contributed by atoms with Gasteiger partial charge in [-0.15, -0.1) is 0 Å². The van der Waals surface area contributed by atoms with E-state index in [0.29, 0.717) is 17.0 Å². The first-order chi connectivity index (χ1) is 9.96. The van der Waals surface area contributed by atoms with Gasteiger partial charge in [0, 0.05) is 0 Å². The predicted octanol–water partition coefficient (Wildman–Crippen LogP) is 0.846. The van der Waals surface area contributed by atoms with Gasteiger partial charge >= 0.3 is 0 Å². The van der Waals surface area contributed by atoms with E-state index in [4.69, 9.17) is 19.9 Å². The van der Waals surface area contributed by atoms with E-state index in [2.05, 4.69) is 15.0 Å². The fraction of sp³-hybridized carbons (Fsp3) is 0.615. The molecular weight excluding hydrogens is 274 g/mol. The Bertz CT molecular complexity index is 700. The highest BCUT2D eigenvalue weighted by Gasteiger charge is 2.54. The third kappa shape index (κ3) is 1.83. The summed E-state index contributed by atoms with van der Waals surface area (Å²) < 4.78 is 19.7. The van der Waals surface area contributed by atoms with E-state index >= 15 is 0 Å². The maximum absolute atomic E-state index is 5.99. The summed E-state index contributed by atoms with van der Waals surface area (Å²) in [7, 11) is 0. The molecule has 2 aromatic rings. The van der Waals surface area contributed by atoms with Gasteiger partial charge in [0.15, 0.2) is 23.5 Å². The van der Waals surface area contributed by atoms with Gasteiger partial charge in [-0.05, 0) is 20.8 Å². The van der Waals surface area contributed by atoms with Crippen molar-refractivity contribution in [1.82, 2.24) is 19.5 Å². The standard InChI is InChI=1S/C13H17N5O3/c1-6-8-9(21-13(2,3)20-8)12(19-6)18-5-17-7-10(14)15-4-16-11(7)18/h4-6,8-9,12H,1-3H3,(H2,14,15,16)/t6-,8-,9+,12+/m0/s1. The number of hydrogen-bond donors (Lipinski definition) is 1. The highest BCUT2D eigenvalue weighted by atomic mass is 16.8. The Morgan fingerprint density at radius 2 is 1.95 bits per heavy atom. The minimum absolute atomic E-state index is 0.0709. The van der Waals surface area contributed by atoms with Gasteiger partial charge in [-0.1, -0.05) is 0 Å². The van der Waals surface area contributed by atoms with Crippen molar-refractivity contribution in [3.63, 3.8) is 0 Å². The van der Waals surface area contributed by atoms with Crippen molar-refractivity contribution < 1.29 is 14.2 Å². The molecule has 0 bridgehead atoms. The number of fused-ring (bicyclic) bond motifs is 2. The Labute approximate surface area is 121 Å². The molecule has 0 aliphatic carbocycles. The molecule has 8 nitrogen and oxygen atoms in total. The normalized spacial score (nSPS) is 34.4. The zero-order valence-electron chi connectivity index (χ0n) is 12.1. The third-order valence-electron chi connectivity index (χ3n) is 3.92. The topological polar surface area (TPSA) is 97.3 Å². The number of aromatic nitrogens is 4. The summed E-state index contributed by atoms with van der Waals surface area (Å²) in [5.74, 6) is -0.263. The molecular formula is C13H17N5O3. The zero-order valence-corrected chi connectivity index (χ0v) is 12.1. The first-order valence-electron chi connectivity index (χ1n) is 6.90. The average molecular weight is 291 g/mol. The molecule has 4 atom stereocenters. The van der Waals surface area contributed by atoms with E-state index < -0.39 is 5.79 Å². The summed E-state index contributed by atoms with van der Waals surface area (Å²) in [4.78, 5) is 12.5. The van der Waals surface area contributed by atoms with Crippen LogP contribution in [0.2, 0.25) is 0 Å². The van der Waals surface area contributed by atoms with Crippen LogP contribution < -0.4 is 5.73 Å². The van der Waals surface area contributed by atoms with Crippen molar-refractivity contribution in [3.05, 3.63) is 12.7 Å². The smallest absolute Gasteiger partial charge is 0.167 e. The molecule has 0 saturated carbocycles. The highest BCUT2D eigenvalue weighted by Crippen LogP contribution is 2.43. The van der Waals surface area contributed by atoms with E-state index in [1.807, 2.05) is 25.3 Å². The van der Waals surface area contributed by atoms with Crippen LogP contribution in [-0.4, -0.2) is 43.6 Å². The Balaban J connectivity index is 1.77. The molecule has 4 heterocycles. The number of hydrogen-bond acceptors (Lipinski definition) is 7. The molecule has 2 fully saturated rings. The molecule has 0 spiro atoms. The van der Waals surface area contributed by atoms with E-state index in [1.165, 1.54) is 6.33 Å². The van der Waals surface area contributed by atoms with Crippen LogP contribution in [0.5, 0.6) is 0 Å². The summed E-state index contributed by atoms with van der Waals surface area (Å²) in [6.45, 7) is 5.79. The molecule has 0 amide bonds. The maximum atomic E-state index is 5.99. The van der Waals surface area contributed by atoms with Gasteiger partial charge in [-0.3, -0.25) is 4.57 Å². The second-order valence-corrected chi connectivity index (χ2v) is 5.88. The Morgan fingerprint density at radius 1 is 1.19 bits per heavy atom. The number of imidazole rings is 1. The van der Waals surface area contributed by atoms with Crippen LogP contribution in [0.25, 0.3) is 11.2 Å². The second kappa shape index (κ2) is 4.12. The first kappa shape index (κ1) is 12.9. The number of ether oxygens (including phenoxy) is 3. The second-order valence-electron chi connectivity index (χ2n) is 5.88. The first-order valence-corrected chi connectivity index (χ1v) is 6.90. The van der Waals surface area contributed by atoms with Crippen molar-refractivity contribution in [2.24, 2.45) is 0 Å². The third-order valence-corrected chi connectivity index (χ3v) is 3.92. The van der Waals surface area contributed by atoms with Crippen LogP contribution in [0.15, 0.2) is 12.7 Å². The number of anilines is 1. The van der Waals surface area contributed by atoms with Gasteiger partial charge in [0.25, 0.3) is 0 Å². The molecule has 2 saturated heterocycles. The Morgan fingerprint density at radius 3 is 2.76 bits per heavy atom. The summed E-state index contributed by atoms with van der Waals surface area (Å²) in [6, 6.07) is 0. The van der Waals surface area contributed by atoms with Crippen LogP contribution in [0.4, 0.5) is 5.82 Å². The van der Waals surface area contributed by atoms with Gasteiger partial charge in [-0.25, -0.2) is 15.0 Å². The van der Waals surface area contributed by atoms with Crippen molar-refractivity contribution in [1.29, 1.82) is 0 Å². The zero-order chi connectivity index (χ0) is 14.8.